The summed E-state index contributed by atoms with van der Waals surface area (Å²) in [6.45, 7) is 0. The lowest BCUT2D eigenvalue weighted by molar-refractivity contribution is 0.669. The molecule has 2 heterocycles. The fourth-order valence-corrected chi connectivity index (χ4v) is 9.11. The van der Waals surface area contributed by atoms with Gasteiger partial charge in [0.2, 0.25) is 0 Å². The topological polar surface area (TPSA) is 29.5 Å². The first-order valence-electron chi connectivity index (χ1n) is 20.7. The number of benzene rings is 10. The summed E-state index contributed by atoms with van der Waals surface area (Å²) in [7, 11) is 0. The molecule has 0 aliphatic heterocycles. The second-order valence-corrected chi connectivity index (χ2v) is 15.6. The average molecular weight is 780 g/mol. The van der Waals surface area contributed by atoms with Crippen molar-refractivity contribution in [3.05, 3.63) is 224 Å². The van der Waals surface area contributed by atoms with Crippen LogP contribution in [0.4, 0.5) is 17.1 Å². The van der Waals surface area contributed by atoms with E-state index in [4.69, 9.17) is 8.83 Å². The van der Waals surface area contributed by atoms with Crippen LogP contribution in [0.25, 0.3) is 99.2 Å². The van der Waals surface area contributed by atoms with E-state index in [1.807, 2.05) is 24.3 Å². The molecule has 0 fully saturated rings. The SMILES string of the molecule is c1ccc(N(c2ccc(-c3ccc(-c4cccc5ccccc45)cc3)cc2)c2ccc(-c3ccc4c(c3)oc3ccccc34)cc2)c(-c2cccc3c2oc2ccccc23)c1. The molecule has 0 aliphatic carbocycles. The molecule has 12 rings (SSSR count). The smallest absolute Gasteiger partial charge is 0.143 e. The van der Waals surface area contributed by atoms with Gasteiger partial charge >= 0.3 is 0 Å². The van der Waals surface area contributed by atoms with Gasteiger partial charge in [-0.15, -0.1) is 0 Å². The fraction of sp³-hybridized carbons (Fsp3) is 0. The molecular formula is C58H37NO2. The zero-order chi connectivity index (χ0) is 40.3. The van der Waals surface area contributed by atoms with Crippen LogP contribution in [0.1, 0.15) is 0 Å². The second kappa shape index (κ2) is 14.3. The van der Waals surface area contributed by atoms with Gasteiger partial charge in [-0.3, -0.25) is 0 Å². The molecule has 0 N–H and O–H groups in total. The van der Waals surface area contributed by atoms with Crippen molar-refractivity contribution in [2.24, 2.45) is 0 Å². The highest BCUT2D eigenvalue weighted by Crippen LogP contribution is 2.45. The number of fused-ring (bicyclic) bond motifs is 7. The summed E-state index contributed by atoms with van der Waals surface area (Å²) >= 11 is 0. The van der Waals surface area contributed by atoms with Crippen molar-refractivity contribution >= 4 is 71.7 Å². The number of furan rings is 2. The maximum atomic E-state index is 6.59. The van der Waals surface area contributed by atoms with E-state index in [2.05, 4.69) is 205 Å². The lowest BCUT2D eigenvalue weighted by Crippen LogP contribution is -2.11. The van der Waals surface area contributed by atoms with Crippen LogP contribution in [0.3, 0.4) is 0 Å². The van der Waals surface area contributed by atoms with Crippen molar-refractivity contribution in [1.29, 1.82) is 0 Å². The highest BCUT2D eigenvalue weighted by Gasteiger charge is 2.21. The highest BCUT2D eigenvalue weighted by atomic mass is 16.3. The third kappa shape index (κ3) is 5.98. The Hall–Kier alpha value is -8.14. The number of rotatable bonds is 7. The molecule has 0 radical (unpaired) electrons. The number of nitrogens with zero attached hydrogens (tertiary/aromatic N) is 1. The molecule has 0 atom stereocenters. The molecule has 2 aromatic heterocycles. The molecule has 3 nitrogen and oxygen atoms in total. The van der Waals surface area contributed by atoms with Crippen molar-refractivity contribution in [2.75, 3.05) is 4.90 Å². The van der Waals surface area contributed by atoms with Crippen LogP contribution in [-0.4, -0.2) is 0 Å². The van der Waals surface area contributed by atoms with E-state index in [1.54, 1.807) is 0 Å². The van der Waals surface area contributed by atoms with E-state index < -0.39 is 0 Å². The van der Waals surface area contributed by atoms with Crippen LogP contribution in [-0.2, 0) is 0 Å². The van der Waals surface area contributed by atoms with E-state index in [-0.39, 0.29) is 0 Å². The third-order valence-electron chi connectivity index (χ3n) is 12.1. The zero-order valence-corrected chi connectivity index (χ0v) is 33.1. The summed E-state index contributed by atoms with van der Waals surface area (Å²) in [6, 6.07) is 79.9. The Bertz CT molecular complexity index is 3570. The lowest BCUT2D eigenvalue weighted by atomic mass is 9.96. The Balaban J connectivity index is 0.951. The van der Waals surface area contributed by atoms with E-state index in [0.717, 1.165) is 88.8 Å². The van der Waals surface area contributed by atoms with Crippen molar-refractivity contribution in [1.82, 2.24) is 0 Å². The second-order valence-electron chi connectivity index (χ2n) is 15.6. The van der Waals surface area contributed by atoms with Crippen molar-refractivity contribution in [3.63, 3.8) is 0 Å². The average Bonchev–Trinajstić information content (AvgIpc) is 3.91. The van der Waals surface area contributed by atoms with E-state index >= 15 is 0 Å². The summed E-state index contributed by atoms with van der Waals surface area (Å²) in [5.74, 6) is 0. The van der Waals surface area contributed by atoms with Crippen LogP contribution >= 0.6 is 0 Å². The molecule has 0 bridgehead atoms. The molecule has 0 amide bonds. The summed E-state index contributed by atoms with van der Waals surface area (Å²) in [5, 5.41) is 7.00. The molecule has 61 heavy (non-hydrogen) atoms. The maximum absolute atomic E-state index is 6.59. The molecule has 0 saturated carbocycles. The van der Waals surface area contributed by atoms with Crippen LogP contribution in [0.15, 0.2) is 233 Å². The van der Waals surface area contributed by atoms with Gasteiger partial charge in [0, 0.05) is 44.0 Å². The fourth-order valence-electron chi connectivity index (χ4n) is 9.11. The first-order chi connectivity index (χ1) is 30.2. The Labute approximate surface area is 353 Å². The normalized spacial score (nSPS) is 11.6. The predicted molar refractivity (Wildman–Crippen MR) is 255 cm³/mol. The number of para-hydroxylation sites is 4. The van der Waals surface area contributed by atoms with Crippen LogP contribution in [0, 0.1) is 0 Å². The largest absolute Gasteiger partial charge is 0.456 e. The molecule has 0 unspecified atom stereocenters. The lowest BCUT2D eigenvalue weighted by Gasteiger charge is -2.28. The van der Waals surface area contributed by atoms with Crippen LogP contribution < -0.4 is 4.90 Å². The van der Waals surface area contributed by atoms with Gasteiger partial charge in [-0.1, -0.05) is 170 Å². The van der Waals surface area contributed by atoms with Crippen molar-refractivity contribution in [2.45, 2.75) is 0 Å². The Morgan fingerprint density at radius 2 is 0.754 bits per heavy atom. The number of anilines is 3. The monoisotopic (exact) mass is 779 g/mol. The third-order valence-corrected chi connectivity index (χ3v) is 12.1. The number of hydrogen-bond acceptors (Lipinski definition) is 3. The number of hydrogen-bond donors (Lipinski definition) is 0. The van der Waals surface area contributed by atoms with Gasteiger partial charge < -0.3 is 13.7 Å². The van der Waals surface area contributed by atoms with Crippen molar-refractivity contribution < 1.29 is 8.83 Å². The maximum Gasteiger partial charge on any atom is 0.143 e. The molecule has 12 aromatic rings. The van der Waals surface area contributed by atoms with E-state index in [0.29, 0.717) is 0 Å². The molecule has 3 heteroatoms. The Morgan fingerprint density at radius 3 is 1.51 bits per heavy atom. The molecule has 0 saturated heterocycles. The predicted octanol–water partition coefficient (Wildman–Crippen LogP) is 16.8. The van der Waals surface area contributed by atoms with Gasteiger partial charge in [0.05, 0.1) is 5.69 Å². The minimum atomic E-state index is 0.884. The van der Waals surface area contributed by atoms with Gasteiger partial charge in [0.25, 0.3) is 0 Å². The summed E-state index contributed by atoms with van der Waals surface area (Å²) in [5.41, 5.74) is 15.9. The minimum absolute atomic E-state index is 0.884. The zero-order valence-electron chi connectivity index (χ0n) is 33.1. The minimum Gasteiger partial charge on any atom is -0.456 e. The van der Waals surface area contributed by atoms with Crippen LogP contribution in [0.5, 0.6) is 0 Å². The van der Waals surface area contributed by atoms with Gasteiger partial charge in [-0.25, -0.2) is 0 Å². The highest BCUT2D eigenvalue weighted by molar-refractivity contribution is 6.11. The standard InChI is InChI=1S/C58H37NO2/c1-2-13-46-41(11-1)12-9-17-47(46)42-25-23-38(24-26-42)39-27-32-44(33-28-39)59(45-34-29-40(30-35-45)43-31-36-51-49-15-4-7-21-55(49)60-57(51)37-43)54-20-6-3-14-48(54)52-18-10-19-53-50-16-5-8-22-56(50)61-58(52)53/h1-37H. The summed E-state index contributed by atoms with van der Waals surface area (Å²) < 4.78 is 12.9. The van der Waals surface area contributed by atoms with Gasteiger partial charge in [-0.2, -0.15) is 0 Å². The first kappa shape index (κ1) is 34.9. The summed E-state index contributed by atoms with van der Waals surface area (Å²) in [6.07, 6.45) is 0. The van der Waals surface area contributed by atoms with Crippen molar-refractivity contribution in [3.8, 4) is 44.5 Å². The molecule has 10 aromatic carbocycles. The first-order valence-corrected chi connectivity index (χ1v) is 20.7. The Kier molecular flexibility index (Phi) is 8.17. The van der Waals surface area contributed by atoms with E-state index in [1.165, 1.54) is 27.5 Å². The molecule has 0 aliphatic rings. The van der Waals surface area contributed by atoms with Gasteiger partial charge in [-0.05, 0) is 98.8 Å². The summed E-state index contributed by atoms with van der Waals surface area (Å²) in [4.78, 5) is 2.36. The Morgan fingerprint density at radius 1 is 0.279 bits per heavy atom. The van der Waals surface area contributed by atoms with E-state index in [9.17, 15) is 0 Å². The van der Waals surface area contributed by atoms with Gasteiger partial charge in [0.1, 0.15) is 22.3 Å². The van der Waals surface area contributed by atoms with Crippen LogP contribution in [0.2, 0.25) is 0 Å². The molecule has 0 spiro atoms. The quantitative estimate of drug-likeness (QED) is 0.161. The van der Waals surface area contributed by atoms with Gasteiger partial charge in [0.15, 0.2) is 0 Å². The molecular weight excluding hydrogens is 743 g/mol. The molecule has 286 valence electrons.